The predicted octanol–water partition coefficient (Wildman–Crippen LogP) is 2.58. The molecule has 5 heteroatoms. The molecule has 0 aromatic heterocycles. The van der Waals surface area contributed by atoms with Gasteiger partial charge in [-0.3, -0.25) is 0 Å². The van der Waals surface area contributed by atoms with Gasteiger partial charge in [-0.25, -0.2) is 4.39 Å². The Hall–Kier alpha value is -1.10. The van der Waals surface area contributed by atoms with Gasteiger partial charge in [-0.1, -0.05) is 25.1 Å². The van der Waals surface area contributed by atoms with Crippen molar-refractivity contribution >= 4 is 0 Å². The van der Waals surface area contributed by atoms with E-state index in [9.17, 15) is 4.39 Å². The second kappa shape index (κ2) is 20.3. The molecule has 90 valence electrons. The molecule has 0 aliphatic rings. The summed E-state index contributed by atoms with van der Waals surface area (Å²) in [5, 5.41) is 0. The molecule has 0 saturated carbocycles. The number of hydrogen-bond donors (Lipinski definition) is 0. The van der Waals surface area contributed by atoms with E-state index in [1.807, 2.05) is 19.1 Å². The minimum Gasteiger partial charge on any atom is 0 e. The molecule has 1 aromatic rings. The first-order valence-electron chi connectivity index (χ1n) is 4.11. The summed E-state index contributed by atoms with van der Waals surface area (Å²) < 4.78 is 35.5. The van der Waals surface area contributed by atoms with Gasteiger partial charge < -0.3 is 0 Å². The number of benzene rings is 1. The fraction of sp³-hybridized carbons (Fsp3) is 0.250. The smallest absolute Gasteiger partial charge is 0 e. The normalized spacial score (nSPS) is 6.18. The summed E-state index contributed by atoms with van der Waals surface area (Å²) in [5.74, 6) is -0.0509. The topological polar surface area (TPSA) is 59.7 Å². The quantitative estimate of drug-likeness (QED) is 0.558. The van der Waals surface area contributed by atoms with Crippen molar-refractivity contribution < 1.29 is 35.7 Å². The number of rotatable bonds is 1. The van der Waals surface area contributed by atoms with E-state index >= 15 is 0 Å². The van der Waals surface area contributed by atoms with Gasteiger partial charge in [0.1, 0.15) is 5.82 Å². The van der Waals surface area contributed by atoms with Crippen LogP contribution in [0.5, 0.6) is 0 Å². The van der Waals surface area contributed by atoms with Crippen LogP contribution in [0.15, 0.2) is 18.2 Å². The fourth-order valence-electron chi connectivity index (χ4n) is 0.981. The maximum absolute atomic E-state index is 13.0. The molecule has 0 atom stereocenters. The minimum absolute atomic E-state index is 0. The van der Waals surface area contributed by atoms with E-state index in [0.29, 0.717) is 0 Å². The third kappa shape index (κ3) is 11.2. The Morgan fingerprint density at radius 2 is 1.47 bits per heavy atom. The van der Waals surface area contributed by atoms with Crippen LogP contribution in [0.2, 0.25) is 0 Å². The number of halogens is 1. The van der Waals surface area contributed by atoms with Crippen molar-refractivity contribution in [2.75, 3.05) is 0 Å². The van der Waals surface area contributed by atoms with Crippen molar-refractivity contribution in [2.45, 2.75) is 20.3 Å². The first kappa shape index (κ1) is 24.9. The second-order valence-electron chi connectivity index (χ2n) is 2.40. The van der Waals surface area contributed by atoms with Gasteiger partial charge in [0.2, 0.25) is 0 Å². The van der Waals surface area contributed by atoms with Crippen molar-refractivity contribution in [2.24, 2.45) is 0 Å². The zero-order chi connectivity index (χ0) is 13.6. The van der Waals surface area contributed by atoms with E-state index in [1.54, 1.807) is 13.0 Å². The van der Waals surface area contributed by atoms with Crippen LogP contribution in [0.25, 0.3) is 0 Å². The summed E-state index contributed by atoms with van der Waals surface area (Å²) >= 11 is 0. The van der Waals surface area contributed by atoms with Crippen LogP contribution in [-0.4, -0.2) is 0 Å². The van der Waals surface area contributed by atoms with E-state index in [0.717, 1.165) is 17.5 Å². The van der Waals surface area contributed by atoms with Crippen molar-refractivity contribution in [3.8, 4) is 0 Å². The average Bonchev–Trinajstić information content (AvgIpc) is 2.40. The third-order valence-corrected chi connectivity index (χ3v) is 1.65. The molecule has 3 nitrogen and oxygen atoms in total. The van der Waals surface area contributed by atoms with Crippen molar-refractivity contribution in [1.82, 2.24) is 0 Å². The predicted molar refractivity (Wildman–Crippen MR) is 52.3 cm³/mol. The van der Waals surface area contributed by atoms with Crippen molar-refractivity contribution in [3.05, 3.63) is 55.1 Å². The van der Waals surface area contributed by atoms with Gasteiger partial charge in [-0.2, -0.15) is 0 Å². The molecule has 17 heavy (non-hydrogen) atoms. The molecule has 0 N–H and O–H groups in total. The largest absolute Gasteiger partial charge is 0 e. The van der Waals surface area contributed by atoms with E-state index in [4.69, 9.17) is 14.0 Å². The van der Waals surface area contributed by atoms with Gasteiger partial charge in [0, 0.05) is 17.4 Å². The maximum atomic E-state index is 13.0. The summed E-state index contributed by atoms with van der Waals surface area (Å²) in [6, 6.07) is 5.49. The van der Waals surface area contributed by atoms with Crippen LogP contribution < -0.4 is 0 Å². The van der Waals surface area contributed by atoms with E-state index in [1.165, 1.54) is 0 Å². The summed E-state index contributed by atoms with van der Waals surface area (Å²) in [5.41, 5.74) is 1.54. The fourth-order valence-corrected chi connectivity index (χ4v) is 0.981. The Kier molecular flexibility index (Phi) is 29.8. The monoisotopic (exact) mass is 274 g/mol. The van der Waals surface area contributed by atoms with Crippen LogP contribution in [0.4, 0.5) is 4.39 Å². The molecule has 0 amide bonds. The molecular formula is C12H11CrFO3. The Morgan fingerprint density at radius 1 is 1.06 bits per heavy atom. The zero-order valence-electron chi connectivity index (χ0n) is 9.45. The molecule has 1 rings (SSSR count). The molecule has 0 unspecified atom stereocenters. The summed E-state index contributed by atoms with van der Waals surface area (Å²) in [7, 11) is 0. The Labute approximate surface area is 111 Å². The number of hydrogen-bond acceptors (Lipinski definition) is 0. The van der Waals surface area contributed by atoms with Crippen LogP contribution in [0.3, 0.4) is 0 Å². The third-order valence-electron chi connectivity index (χ3n) is 1.65. The molecule has 1 aromatic carbocycles. The maximum Gasteiger partial charge on any atom is 0 e. The minimum atomic E-state index is -0.0509. The van der Waals surface area contributed by atoms with Crippen molar-refractivity contribution in [3.63, 3.8) is 0 Å². The van der Waals surface area contributed by atoms with Crippen LogP contribution in [0.1, 0.15) is 18.1 Å². The van der Waals surface area contributed by atoms with E-state index in [2.05, 4.69) is 20.0 Å². The van der Waals surface area contributed by atoms with Crippen LogP contribution >= 0.6 is 0 Å². The van der Waals surface area contributed by atoms with Gasteiger partial charge in [0.25, 0.3) is 0 Å². The summed E-state index contributed by atoms with van der Waals surface area (Å²) in [6.07, 6.45) is 0.771. The zero-order valence-corrected chi connectivity index (χ0v) is 10.7. The van der Waals surface area contributed by atoms with Crippen LogP contribution in [-0.2, 0) is 37.7 Å². The van der Waals surface area contributed by atoms with Gasteiger partial charge in [-0.05, 0) is 24.5 Å². The first-order valence-corrected chi connectivity index (χ1v) is 4.11. The van der Waals surface area contributed by atoms with Gasteiger partial charge in [0.15, 0.2) is 0 Å². The standard InChI is InChI=1S/C9H11F.3CO.Cr/c1-3-8-6-4-5-7(2)9(8)10;3*1-2;/h4-6H,3H2,1-2H3;;;;. The van der Waals surface area contributed by atoms with Gasteiger partial charge in [0.05, 0.1) is 0 Å². The first-order chi connectivity index (χ1) is 7.75. The molecule has 0 bridgehead atoms. The molecule has 0 saturated heterocycles. The Morgan fingerprint density at radius 3 is 1.76 bits per heavy atom. The Balaban J connectivity index is -0.000000106. The van der Waals surface area contributed by atoms with Crippen molar-refractivity contribution in [1.29, 1.82) is 0 Å². The van der Waals surface area contributed by atoms with Crippen LogP contribution in [0, 0.1) is 32.7 Å². The molecule has 0 aliphatic heterocycles. The molecule has 0 radical (unpaired) electrons. The molecule has 0 spiro atoms. The average molecular weight is 274 g/mol. The van der Waals surface area contributed by atoms with Gasteiger partial charge in [-0.15, -0.1) is 0 Å². The summed E-state index contributed by atoms with van der Waals surface area (Å²) in [4.78, 5) is 0. The molecule has 0 aliphatic carbocycles. The molecular weight excluding hydrogens is 263 g/mol. The molecule has 0 heterocycles. The summed E-state index contributed by atoms with van der Waals surface area (Å²) in [6.45, 7) is 17.2. The van der Waals surface area contributed by atoms with E-state index < -0.39 is 0 Å². The van der Waals surface area contributed by atoms with Gasteiger partial charge >= 0.3 is 33.9 Å². The second-order valence-corrected chi connectivity index (χ2v) is 2.40. The number of aryl methyl sites for hydroxylation is 2. The SMILES string of the molecule is CCc1cccc(C)c1F.[C-]#[O+].[C-]#[O+].[C-]#[O+].[Cr]. The Bertz CT molecular complexity index is 331. The molecule has 0 fully saturated rings. The van der Waals surface area contributed by atoms with E-state index in [-0.39, 0.29) is 23.2 Å².